The number of quaternary nitrogens is 1. The summed E-state index contributed by atoms with van der Waals surface area (Å²) in [5, 5.41) is 2.21. The zero-order valence-corrected chi connectivity index (χ0v) is 8.64. The molecule has 12 heavy (non-hydrogen) atoms. The molecule has 0 radical (unpaired) electrons. The van der Waals surface area contributed by atoms with Gasteiger partial charge >= 0.3 is 0 Å². The average molecular weight is 172 g/mol. The molecule has 1 aliphatic heterocycles. The van der Waals surface area contributed by atoms with Crippen molar-refractivity contribution in [1.82, 2.24) is 10.5 Å². The van der Waals surface area contributed by atoms with E-state index in [4.69, 9.17) is 0 Å². The fourth-order valence-corrected chi connectivity index (χ4v) is 1.56. The zero-order chi connectivity index (χ0) is 9.03. The minimum absolute atomic E-state index is 0.958. The van der Waals surface area contributed by atoms with E-state index in [0.717, 1.165) is 11.1 Å². The maximum Gasteiger partial charge on any atom is 0.0971 e. The third-order valence-corrected chi connectivity index (χ3v) is 2.78. The Kier molecular flexibility index (Phi) is 3.50. The summed E-state index contributed by atoms with van der Waals surface area (Å²) in [6, 6.07) is 0. The quantitative estimate of drug-likeness (QED) is 0.548. The molecule has 3 nitrogen and oxygen atoms in total. The second kappa shape index (κ2) is 4.21. The smallest absolute Gasteiger partial charge is 0.0971 e. The van der Waals surface area contributed by atoms with Crippen molar-refractivity contribution in [2.75, 3.05) is 34.2 Å². The molecule has 1 N–H and O–H groups in total. The van der Waals surface area contributed by atoms with Crippen LogP contribution in [0.15, 0.2) is 0 Å². The largest absolute Gasteiger partial charge is 0.234 e. The molecular weight excluding hydrogens is 150 g/mol. The van der Waals surface area contributed by atoms with Crippen molar-refractivity contribution in [2.45, 2.75) is 25.7 Å². The topological polar surface area (TPSA) is 15.3 Å². The first-order chi connectivity index (χ1) is 5.63. The van der Waals surface area contributed by atoms with Crippen LogP contribution in [0.2, 0.25) is 0 Å². The van der Waals surface area contributed by atoms with E-state index in [1.165, 1.54) is 32.2 Å². The van der Waals surface area contributed by atoms with Crippen LogP contribution in [0, 0.1) is 0 Å². The summed E-state index contributed by atoms with van der Waals surface area (Å²) in [6.45, 7) is 2.36. The lowest BCUT2D eigenvalue weighted by Gasteiger charge is -2.36. The van der Waals surface area contributed by atoms with Crippen LogP contribution in [0.1, 0.15) is 25.7 Å². The van der Waals surface area contributed by atoms with Gasteiger partial charge in [-0.2, -0.15) is 0 Å². The van der Waals surface area contributed by atoms with E-state index in [1.54, 1.807) is 0 Å². The fraction of sp³-hybridized carbons (Fsp3) is 1.00. The number of hydrogen-bond donors (Lipinski definition) is 1. The van der Waals surface area contributed by atoms with Gasteiger partial charge in [0, 0.05) is 6.54 Å². The molecule has 1 rings (SSSR count). The molecular formula is C9H22N3+. The summed E-state index contributed by atoms with van der Waals surface area (Å²) in [4.78, 5) is 0. The Morgan fingerprint density at radius 2 is 1.75 bits per heavy atom. The maximum atomic E-state index is 3.42. The first-order valence-electron chi connectivity index (χ1n) is 4.94. The van der Waals surface area contributed by atoms with Crippen molar-refractivity contribution in [3.63, 3.8) is 0 Å². The van der Waals surface area contributed by atoms with Gasteiger partial charge in [0.1, 0.15) is 0 Å². The molecule has 1 aliphatic rings. The standard InChI is InChI=1S/C9H22N3/c1-11-10-8-6-4-5-7-9-12(11,2)3/h10H,4-9H2,1-3H3/q+1. The molecule has 1 saturated heterocycles. The van der Waals surface area contributed by atoms with Crippen LogP contribution in [-0.2, 0) is 0 Å². The molecule has 72 valence electrons. The van der Waals surface area contributed by atoms with E-state index >= 15 is 0 Å². The van der Waals surface area contributed by atoms with Crippen LogP contribution in [0.3, 0.4) is 0 Å². The first kappa shape index (κ1) is 9.96. The lowest BCUT2D eigenvalue weighted by molar-refractivity contribution is -1.01. The number of rotatable bonds is 0. The van der Waals surface area contributed by atoms with Gasteiger partial charge in [0.05, 0.1) is 27.7 Å². The Morgan fingerprint density at radius 1 is 1.08 bits per heavy atom. The highest BCUT2D eigenvalue weighted by Gasteiger charge is 2.21. The Labute approximate surface area is 75.9 Å². The SMILES string of the molecule is CN1NCCCCCC[N+]1(C)C. The second-order valence-corrected chi connectivity index (χ2v) is 4.19. The Bertz CT molecular complexity index is 134. The predicted molar refractivity (Wildman–Crippen MR) is 51.2 cm³/mol. The highest BCUT2D eigenvalue weighted by molar-refractivity contribution is 4.47. The van der Waals surface area contributed by atoms with Gasteiger partial charge in [-0.05, 0) is 19.3 Å². The van der Waals surface area contributed by atoms with Crippen molar-refractivity contribution in [1.29, 1.82) is 0 Å². The van der Waals surface area contributed by atoms with Gasteiger partial charge in [-0.25, -0.2) is 10.0 Å². The summed E-state index contributed by atoms with van der Waals surface area (Å²) < 4.78 is 0.958. The van der Waals surface area contributed by atoms with E-state index in [9.17, 15) is 0 Å². The van der Waals surface area contributed by atoms with Gasteiger partial charge in [-0.1, -0.05) is 11.5 Å². The molecule has 0 amide bonds. The van der Waals surface area contributed by atoms with E-state index < -0.39 is 0 Å². The normalized spacial score (nSPS) is 27.2. The molecule has 0 bridgehead atoms. The van der Waals surface area contributed by atoms with Crippen molar-refractivity contribution in [3.05, 3.63) is 0 Å². The number of hydrogen-bond acceptors (Lipinski definition) is 2. The lowest BCUT2D eigenvalue weighted by atomic mass is 10.2. The number of hydrazine groups is 1. The summed E-state index contributed by atoms with van der Waals surface area (Å²) in [7, 11) is 6.63. The molecule has 0 saturated carbocycles. The third-order valence-electron chi connectivity index (χ3n) is 2.78. The molecule has 0 aromatic rings. The first-order valence-corrected chi connectivity index (χ1v) is 4.94. The van der Waals surface area contributed by atoms with Gasteiger partial charge in [-0.3, -0.25) is 0 Å². The van der Waals surface area contributed by atoms with Crippen LogP contribution in [0.4, 0.5) is 0 Å². The lowest BCUT2D eigenvalue weighted by Crippen LogP contribution is -2.58. The van der Waals surface area contributed by atoms with E-state index in [0.29, 0.717) is 0 Å². The van der Waals surface area contributed by atoms with Crippen LogP contribution >= 0.6 is 0 Å². The van der Waals surface area contributed by atoms with Gasteiger partial charge in [0.2, 0.25) is 0 Å². The Morgan fingerprint density at radius 3 is 2.50 bits per heavy atom. The summed E-state index contributed by atoms with van der Waals surface area (Å²) in [5.41, 5.74) is 3.42. The van der Waals surface area contributed by atoms with Gasteiger partial charge in [0.25, 0.3) is 0 Å². The highest BCUT2D eigenvalue weighted by atomic mass is 15.9. The summed E-state index contributed by atoms with van der Waals surface area (Å²) in [6.07, 6.45) is 5.42. The average Bonchev–Trinajstić information content (AvgIpc) is 2.06. The number of nitrogens with zero attached hydrogens (tertiary/aromatic N) is 2. The van der Waals surface area contributed by atoms with Crippen LogP contribution in [0.25, 0.3) is 0 Å². The van der Waals surface area contributed by atoms with Gasteiger partial charge in [-0.15, -0.1) is 0 Å². The van der Waals surface area contributed by atoms with Crippen LogP contribution in [-0.4, -0.2) is 43.9 Å². The minimum Gasteiger partial charge on any atom is -0.234 e. The second-order valence-electron chi connectivity index (χ2n) is 4.19. The van der Waals surface area contributed by atoms with E-state index in [1.807, 2.05) is 0 Å². The zero-order valence-electron chi connectivity index (χ0n) is 8.64. The molecule has 0 aromatic heterocycles. The minimum atomic E-state index is 0.958. The van der Waals surface area contributed by atoms with Crippen LogP contribution in [0.5, 0.6) is 0 Å². The Hall–Kier alpha value is -0.120. The molecule has 0 aromatic carbocycles. The maximum absolute atomic E-state index is 3.42. The molecule has 0 unspecified atom stereocenters. The molecule has 1 heterocycles. The third kappa shape index (κ3) is 2.73. The number of nitrogens with one attached hydrogen (secondary N) is 1. The van der Waals surface area contributed by atoms with Gasteiger partial charge < -0.3 is 0 Å². The fourth-order valence-electron chi connectivity index (χ4n) is 1.56. The summed E-state index contributed by atoms with van der Waals surface area (Å²) in [5.74, 6) is 0. The van der Waals surface area contributed by atoms with Crippen LogP contribution < -0.4 is 5.43 Å². The van der Waals surface area contributed by atoms with Crippen molar-refractivity contribution in [2.24, 2.45) is 0 Å². The molecule has 3 heteroatoms. The predicted octanol–water partition coefficient (Wildman–Crippen LogP) is 0.988. The molecule has 0 spiro atoms. The monoisotopic (exact) mass is 172 g/mol. The van der Waals surface area contributed by atoms with Crippen molar-refractivity contribution in [3.8, 4) is 0 Å². The van der Waals surface area contributed by atoms with Crippen molar-refractivity contribution >= 4 is 0 Å². The highest BCUT2D eigenvalue weighted by Crippen LogP contribution is 2.09. The summed E-state index contributed by atoms with van der Waals surface area (Å²) >= 11 is 0. The molecule has 1 fully saturated rings. The van der Waals surface area contributed by atoms with Gasteiger partial charge in [0.15, 0.2) is 0 Å². The van der Waals surface area contributed by atoms with Crippen molar-refractivity contribution < 1.29 is 4.59 Å². The molecule has 0 atom stereocenters. The Balaban J connectivity index is 2.47. The van der Waals surface area contributed by atoms with E-state index in [2.05, 4.69) is 31.7 Å². The molecule has 0 aliphatic carbocycles. The van der Waals surface area contributed by atoms with E-state index in [-0.39, 0.29) is 0 Å².